The van der Waals surface area contributed by atoms with E-state index in [1.165, 1.54) is 6.07 Å². The predicted molar refractivity (Wildman–Crippen MR) is 115 cm³/mol. The molecular formula is C17H25Cl2F3N6OS. The maximum atomic E-state index is 12.8. The molecule has 2 atom stereocenters. The Morgan fingerprint density at radius 3 is 2.53 bits per heavy atom. The third kappa shape index (κ3) is 5.61. The van der Waals surface area contributed by atoms with E-state index in [4.69, 9.17) is 0 Å². The number of anilines is 1. The Bertz CT molecular complexity index is 717. The summed E-state index contributed by atoms with van der Waals surface area (Å²) in [6, 6.07) is 1.67. The molecule has 7 nitrogen and oxygen atoms in total. The van der Waals surface area contributed by atoms with E-state index in [-0.39, 0.29) is 42.8 Å². The Kier molecular flexibility index (Phi) is 8.87. The number of piperazine rings is 1. The topological polar surface area (TPSA) is 64.6 Å². The van der Waals surface area contributed by atoms with E-state index in [9.17, 15) is 18.0 Å². The average Bonchev–Trinajstić information content (AvgIpc) is 3.39. The van der Waals surface area contributed by atoms with Gasteiger partial charge in [-0.05, 0) is 12.5 Å². The maximum Gasteiger partial charge on any atom is 0.451 e. The van der Waals surface area contributed by atoms with E-state index >= 15 is 0 Å². The number of hydrogen-bond acceptors (Lipinski definition) is 7. The molecule has 4 heterocycles. The molecule has 0 aromatic carbocycles. The Morgan fingerprint density at radius 1 is 1.17 bits per heavy atom. The molecule has 0 unspecified atom stereocenters. The van der Waals surface area contributed by atoms with Crippen LogP contribution in [0.1, 0.15) is 12.2 Å². The average molecular weight is 489 g/mol. The summed E-state index contributed by atoms with van der Waals surface area (Å²) in [6.45, 7) is 4.27. The lowest BCUT2D eigenvalue weighted by Gasteiger charge is -2.38. The number of alkyl halides is 3. The molecule has 1 amide bonds. The summed E-state index contributed by atoms with van der Waals surface area (Å²) in [5.41, 5.74) is 0. The fourth-order valence-corrected chi connectivity index (χ4v) is 4.92. The van der Waals surface area contributed by atoms with Crippen LogP contribution in [-0.2, 0) is 11.0 Å². The van der Waals surface area contributed by atoms with Crippen molar-refractivity contribution in [3.63, 3.8) is 0 Å². The van der Waals surface area contributed by atoms with Gasteiger partial charge < -0.3 is 15.1 Å². The van der Waals surface area contributed by atoms with Gasteiger partial charge in [0.1, 0.15) is 5.82 Å². The summed E-state index contributed by atoms with van der Waals surface area (Å²) in [6.07, 6.45) is -2.60. The molecule has 0 spiro atoms. The van der Waals surface area contributed by atoms with Gasteiger partial charge in [0.15, 0.2) is 0 Å². The maximum absolute atomic E-state index is 12.8. The highest BCUT2D eigenvalue weighted by atomic mass is 35.5. The molecule has 3 aliphatic rings. The third-order valence-corrected chi connectivity index (χ3v) is 6.48. The molecule has 3 aliphatic heterocycles. The van der Waals surface area contributed by atoms with Crippen molar-refractivity contribution in [2.24, 2.45) is 0 Å². The Morgan fingerprint density at radius 2 is 1.90 bits per heavy atom. The molecule has 3 saturated heterocycles. The molecule has 1 aromatic rings. The van der Waals surface area contributed by atoms with Crippen LogP contribution in [0.25, 0.3) is 0 Å². The molecule has 0 aliphatic carbocycles. The van der Waals surface area contributed by atoms with Crippen LogP contribution in [0.2, 0.25) is 0 Å². The van der Waals surface area contributed by atoms with Crippen molar-refractivity contribution < 1.29 is 18.0 Å². The van der Waals surface area contributed by atoms with Crippen LogP contribution in [0.15, 0.2) is 12.3 Å². The lowest BCUT2D eigenvalue weighted by molar-refractivity contribution is -0.144. The van der Waals surface area contributed by atoms with Crippen molar-refractivity contribution in [1.29, 1.82) is 0 Å². The number of amides is 1. The first-order valence-corrected chi connectivity index (χ1v) is 10.6. The van der Waals surface area contributed by atoms with Gasteiger partial charge in [-0.1, -0.05) is 0 Å². The Labute approximate surface area is 190 Å². The molecule has 0 radical (unpaired) electrons. The van der Waals surface area contributed by atoms with Gasteiger partial charge in [-0.2, -0.15) is 13.2 Å². The minimum Gasteiger partial charge on any atom is -0.354 e. The van der Waals surface area contributed by atoms with Crippen molar-refractivity contribution in [1.82, 2.24) is 25.1 Å². The van der Waals surface area contributed by atoms with Crippen LogP contribution in [0.3, 0.4) is 0 Å². The highest BCUT2D eigenvalue weighted by Crippen LogP contribution is 2.27. The largest absolute Gasteiger partial charge is 0.451 e. The van der Waals surface area contributed by atoms with Gasteiger partial charge >= 0.3 is 6.18 Å². The quantitative estimate of drug-likeness (QED) is 0.694. The number of thioether (sulfide) groups is 1. The molecule has 3 fully saturated rings. The minimum atomic E-state index is -4.54. The number of halogens is 5. The van der Waals surface area contributed by atoms with Crippen LogP contribution in [0, 0.1) is 0 Å². The van der Waals surface area contributed by atoms with Crippen molar-refractivity contribution in [2.45, 2.75) is 24.7 Å². The van der Waals surface area contributed by atoms with E-state index in [1.54, 1.807) is 11.8 Å². The SMILES string of the molecule is Cl.Cl.O=C([C@@H]1C[C@H](N2CCN(c3ccnc(C(F)(F)F)n3)CC2)CN1)N1CCSC1. The smallest absolute Gasteiger partial charge is 0.354 e. The van der Waals surface area contributed by atoms with Crippen molar-refractivity contribution in [3.05, 3.63) is 18.1 Å². The molecule has 1 aromatic heterocycles. The zero-order chi connectivity index (χ0) is 19.7. The second kappa shape index (κ2) is 10.5. The highest BCUT2D eigenvalue weighted by Gasteiger charge is 2.38. The molecule has 4 rings (SSSR count). The molecule has 0 bridgehead atoms. The zero-order valence-corrected chi connectivity index (χ0v) is 18.6. The molecule has 1 N–H and O–H groups in total. The highest BCUT2D eigenvalue weighted by molar-refractivity contribution is 7.99. The van der Waals surface area contributed by atoms with Crippen LogP contribution in [0.4, 0.5) is 19.0 Å². The summed E-state index contributed by atoms with van der Waals surface area (Å²) in [7, 11) is 0. The number of nitrogens with zero attached hydrogens (tertiary/aromatic N) is 5. The van der Waals surface area contributed by atoms with E-state index in [2.05, 4.69) is 20.2 Å². The first-order valence-electron chi connectivity index (χ1n) is 9.41. The molecule has 13 heteroatoms. The fraction of sp³-hybridized carbons (Fsp3) is 0.706. The lowest BCUT2D eigenvalue weighted by Crippen LogP contribution is -2.51. The molecule has 170 valence electrons. The number of rotatable bonds is 3. The van der Waals surface area contributed by atoms with Gasteiger partial charge in [-0.15, -0.1) is 36.6 Å². The molecular weight excluding hydrogens is 464 g/mol. The summed E-state index contributed by atoms with van der Waals surface area (Å²) >= 11 is 1.78. The van der Waals surface area contributed by atoms with Crippen LogP contribution in [-0.4, -0.2) is 88.7 Å². The summed E-state index contributed by atoms with van der Waals surface area (Å²) in [4.78, 5) is 25.6. The van der Waals surface area contributed by atoms with Gasteiger partial charge in [-0.25, -0.2) is 9.97 Å². The number of nitrogens with one attached hydrogen (secondary N) is 1. The first kappa shape index (κ1) is 25.3. The van der Waals surface area contributed by atoms with E-state index < -0.39 is 12.0 Å². The molecule has 30 heavy (non-hydrogen) atoms. The van der Waals surface area contributed by atoms with E-state index in [0.29, 0.717) is 18.9 Å². The van der Waals surface area contributed by atoms with Crippen molar-refractivity contribution >= 4 is 48.3 Å². The van der Waals surface area contributed by atoms with E-state index in [0.717, 1.165) is 50.4 Å². The van der Waals surface area contributed by atoms with Gasteiger partial charge in [-0.3, -0.25) is 9.69 Å². The number of aromatic nitrogens is 2. The van der Waals surface area contributed by atoms with Gasteiger partial charge in [0.2, 0.25) is 11.7 Å². The molecule has 0 saturated carbocycles. The van der Waals surface area contributed by atoms with Crippen molar-refractivity contribution in [3.8, 4) is 0 Å². The van der Waals surface area contributed by atoms with Gasteiger partial charge in [0, 0.05) is 57.3 Å². The second-order valence-electron chi connectivity index (χ2n) is 7.25. The summed E-state index contributed by atoms with van der Waals surface area (Å²) < 4.78 is 38.5. The second-order valence-corrected chi connectivity index (χ2v) is 8.32. The number of carbonyl (C=O) groups excluding carboxylic acids is 1. The van der Waals surface area contributed by atoms with Crippen molar-refractivity contribution in [2.75, 3.05) is 55.8 Å². The van der Waals surface area contributed by atoms with Crippen LogP contribution in [0.5, 0.6) is 0 Å². The third-order valence-electron chi connectivity index (χ3n) is 5.52. The number of hydrogen-bond donors (Lipinski definition) is 1. The zero-order valence-electron chi connectivity index (χ0n) is 16.2. The Hall–Kier alpha value is -1.01. The lowest BCUT2D eigenvalue weighted by atomic mass is 10.1. The predicted octanol–water partition coefficient (Wildman–Crippen LogP) is 1.72. The van der Waals surface area contributed by atoms with Crippen LogP contribution >= 0.6 is 36.6 Å². The van der Waals surface area contributed by atoms with Crippen LogP contribution < -0.4 is 10.2 Å². The monoisotopic (exact) mass is 488 g/mol. The number of carbonyl (C=O) groups is 1. The summed E-state index contributed by atoms with van der Waals surface area (Å²) in [5, 5.41) is 3.35. The normalized spacial score (nSPS) is 25.0. The summed E-state index contributed by atoms with van der Waals surface area (Å²) in [5.74, 6) is 1.18. The minimum absolute atomic E-state index is 0. The van der Waals surface area contributed by atoms with Gasteiger partial charge in [0.05, 0.1) is 11.9 Å². The Balaban J connectivity index is 0.00000160. The standard InChI is InChI=1S/C17H23F3N6OS.2ClH/c18-17(19,20)16-21-2-1-14(23-16)25-5-3-24(4-6-25)12-9-13(22-10-12)15(27)26-7-8-28-11-26;;/h1-2,12-13,22H,3-11H2;2*1H/t12-,13-;;/m0../s1. The van der Waals surface area contributed by atoms with E-state index in [1.807, 2.05) is 9.80 Å². The fourth-order valence-electron chi connectivity index (χ4n) is 3.97. The first-order chi connectivity index (χ1) is 13.4. The van der Waals surface area contributed by atoms with Gasteiger partial charge in [0.25, 0.3) is 0 Å².